The predicted molar refractivity (Wildman–Crippen MR) is 54.4 cm³/mol. The summed E-state index contributed by atoms with van der Waals surface area (Å²) in [7, 11) is 2.23. The molecule has 0 radical (unpaired) electrons. The van der Waals surface area contributed by atoms with Gasteiger partial charge < -0.3 is 4.90 Å². The zero-order chi connectivity index (χ0) is 9.26. The van der Waals surface area contributed by atoms with E-state index in [4.69, 9.17) is 0 Å². The van der Waals surface area contributed by atoms with Crippen molar-refractivity contribution in [3.63, 3.8) is 0 Å². The SMILES string of the molecule is CC#CCN1C[C@H]2CN(C)C[C@H]2C1. The number of rotatable bonds is 1. The minimum absolute atomic E-state index is 0.920. The van der Waals surface area contributed by atoms with E-state index in [1.807, 2.05) is 6.92 Å². The summed E-state index contributed by atoms with van der Waals surface area (Å²) in [6.07, 6.45) is 0. The summed E-state index contributed by atoms with van der Waals surface area (Å²) >= 11 is 0. The molecule has 0 aliphatic carbocycles. The van der Waals surface area contributed by atoms with Crippen LogP contribution in [0.5, 0.6) is 0 Å². The van der Waals surface area contributed by atoms with Crippen LogP contribution in [0.25, 0.3) is 0 Å². The van der Waals surface area contributed by atoms with Crippen LogP contribution in [0.2, 0.25) is 0 Å². The van der Waals surface area contributed by atoms with Crippen LogP contribution in [-0.2, 0) is 0 Å². The Hall–Kier alpha value is -0.520. The van der Waals surface area contributed by atoms with Gasteiger partial charge in [0, 0.05) is 26.2 Å². The Kier molecular flexibility index (Phi) is 2.57. The van der Waals surface area contributed by atoms with Crippen LogP contribution >= 0.6 is 0 Å². The van der Waals surface area contributed by atoms with Gasteiger partial charge in [-0.25, -0.2) is 0 Å². The van der Waals surface area contributed by atoms with Gasteiger partial charge in [-0.15, -0.1) is 5.92 Å². The number of fused-ring (bicyclic) bond motifs is 1. The van der Waals surface area contributed by atoms with E-state index < -0.39 is 0 Å². The second-order valence-corrected chi connectivity index (χ2v) is 4.36. The van der Waals surface area contributed by atoms with Crippen molar-refractivity contribution in [3.8, 4) is 11.8 Å². The van der Waals surface area contributed by atoms with Crippen LogP contribution in [-0.4, -0.2) is 49.6 Å². The molecule has 13 heavy (non-hydrogen) atoms. The molecule has 0 N–H and O–H groups in total. The molecule has 2 aliphatic heterocycles. The minimum atomic E-state index is 0.920. The van der Waals surface area contributed by atoms with E-state index in [2.05, 4.69) is 28.7 Å². The molecule has 2 saturated heterocycles. The molecule has 0 saturated carbocycles. The van der Waals surface area contributed by atoms with E-state index in [1.165, 1.54) is 26.2 Å². The fourth-order valence-electron chi connectivity index (χ4n) is 2.64. The van der Waals surface area contributed by atoms with Gasteiger partial charge in [-0.3, -0.25) is 4.90 Å². The molecule has 2 rings (SSSR count). The zero-order valence-electron chi connectivity index (χ0n) is 8.58. The third-order valence-corrected chi connectivity index (χ3v) is 3.22. The largest absolute Gasteiger partial charge is 0.306 e. The summed E-state index contributed by atoms with van der Waals surface area (Å²) < 4.78 is 0. The van der Waals surface area contributed by atoms with E-state index in [0.717, 1.165) is 18.4 Å². The topological polar surface area (TPSA) is 6.48 Å². The Labute approximate surface area is 80.9 Å². The van der Waals surface area contributed by atoms with Crippen LogP contribution in [0.4, 0.5) is 0 Å². The quantitative estimate of drug-likeness (QED) is 0.540. The number of likely N-dealkylation sites (tertiary alicyclic amines) is 2. The second-order valence-electron chi connectivity index (χ2n) is 4.36. The number of nitrogens with zero attached hydrogens (tertiary/aromatic N) is 2. The Morgan fingerprint density at radius 1 is 1.15 bits per heavy atom. The molecule has 0 unspecified atom stereocenters. The highest BCUT2D eigenvalue weighted by Crippen LogP contribution is 2.29. The van der Waals surface area contributed by atoms with E-state index in [-0.39, 0.29) is 0 Å². The van der Waals surface area contributed by atoms with E-state index >= 15 is 0 Å². The Balaban J connectivity index is 1.85. The number of hydrogen-bond donors (Lipinski definition) is 0. The third kappa shape index (κ3) is 1.87. The van der Waals surface area contributed by atoms with Gasteiger partial charge >= 0.3 is 0 Å². The van der Waals surface area contributed by atoms with E-state index in [1.54, 1.807) is 0 Å². The van der Waals surface area contributed by atoms with Crippen molar-refractivity contribution >= 4 is 0 Å². The molecule has 2 heterocycles. The first kappa shape index (κ1) is 9.05. The molecule has 2 aliphatic rings. The molecule has 2 heteroatoms. The molecule has 2 nitrogen and oxygen atoms in total. The fraction of sp³-hybridized carbons (Fsp3) is 0.818. The van der Waals surface area contributed by atoms with Gasteiger partial charge in [0.2, 0.25) is 0 Å². The Bertz CT molecular complexity index is 224. The van der Waals surface area contributed by atoms with Gasteiger partial charge in [-0.1, -0.05) is 5.92 Å². The third-order valence-electron chi connectivity index (χ3n) is 3.22. The van der Waals surface area contributed by atoms with Gasteiger partial charge in [0.25, 0.3) is 0 Å². The predicted octanol–water partition coefficient (Wildman–Crippen LogP) is 0.503. The molecule has 0 spiro atoms. The molecule has 0 aromatic rings. The molecular weight excluding hydrogens is 160 g/mol. The maximum absolute atomic E-state index is 3.15. The van der Waals surface area contributed by atoms with Crippen LogP contribution in [0.3, 0.4) is 0 Å². The highest BCUT2D eigenvalue weighted by molar-refractivity contribution is 5.01. The first-order valence-electron chi connectivity index (χ1n) is 5.10. The van der Waals surface area contributed by atoms with Crippen LogP contribution in [0.1, 0.15) is 6.92 Å². The lowest BCUT2D eigenvalue weighted by Gasteiger charge is -2.15. The average molecular weight is 178 g/mol. The van der Waals surface area contributed by atoms with Crippen molar-refractivity contribution in [3.05, 3.63) is 0 Å². The Morgan fingerprint density at radius 3 is 2.31 bits per heavy atom. The highest BCUT2D eigenvalue weighted by Gasteiger charge is 2.37. The van der Waals surface area contributed by atoms with Gasteiger partial charge in [-0.2, -0.15) is 0 Å². The van der Waals surface area contributed by atoms with Crippen LogP contribution in [0.15, 0.2) is 0 Å². The van der Waals surface area contributed by atoms with Crippen LogP contribution < -0.4 is 0 Å². The van der Waals surface area contributed by atoms with E-state index in [0.29, 0.717) is 0 Å². The van der Waals surface area contributed by atoms with Crippen molar-refractivity contribution in [2.45, 2.75) is 6.92 Å². The Morgan fingerprint density at radius 2 is 1.77 bits per heavy atom. The smallest absolute Gasteiger partial charge is 0.0601 e. The van der Waals surface area contributed by atoms with Gasteiger partial charge in [0.15, 0.2) is 0 Å². The summed E-state index contributed by atoms with van der Waals surface area (Å²) in [6, 6.07) is 0. The van der Waals surface area contributed by atoms with Gasteiger partial charge in [0.1, 0.15) is 0 Å². The summed E-state index contributed by atoms with van der Waals surface area (Å²) in [5.41, 5.74) is 0. The summed E-state index contributed by atoms with van der Waals surface area (Å²) in [5, 5.41) is 0. The lowest BCUT2D eigenvalue weighted by atomic mass is 10.0. The summed E-state index contributed by atoms with van der Waals surface area (Å²) in [5.74, 6) is 7.96. The first-order valence-corrected chi connectivity index (χ1v) is 5.10. The highest BCUT2D eigenvalue weighted by atomic mass is 15.2. The molecule has 0 amide bonds. The second kappa shape index (κ2) is 3.69. The summed E-state index contributed by atoms with van der Waals surface area (Å²) in [6.45, 7) is 8.02. The lowest BCUT2D eigenvalue weighted by molar-refractivity contribution is 0.301. The monoisotopic (exact) mass is 178 g/mol. The van der Waals surface area contributed by atoms with Crippen molar-refractivity contribution < 1.29 is 0 Å². The van der Waals surface area contributed by atoms with Crippen molar-refractivity contribution in [2.24, 2.45) is 11.8 Å². The standard InChI is InChI=1S/C11H18N2/c1-3-4-5-13-8-10-6-12(2)7-11(10)9-13/h10-11H,5-9H2,1-2H3/t10-,11+. The fourth-order valence-corrected chi connectivity index (χ4v) is 2.64. The van der Waals surface area contributed by atoms with E-state index in [9.17, 15) is 0 Å². The van der Waals surface area contributed by atoms with Crippen molar-refractivity contribution in [1.29, 1.82) is 0 Å². The molecule has 0 bridgehead atoms. The molecule has 72 valence electrons. The van der Waals surface area contributed by atoms with Crippen molar-refractivity contribution in [1.82, 2.24) is 9.80 Å². The van der Waals surface area contributed by atoms with Gasteiger partial charge in [-0.05, 0) is 25.8 Å². The normalized spacial score (nSPS) is 34.3. The first-order chi connectivity index (χ1) is 6.29. The number of hydrogen-bond acceptors (Lipinski definition) is 2. The summed E-state index contributed by atoms with van der Waals surface area (Å²) in [4.78, 5) is 4.96. The molecule has 2 fully saturated rings. The van der Waals surface area contributed by atoms with Crippen LogP contribution in [0, 0.1) is 23.7 Å². The van der Waals surface area contributed by atoms with Crippen molar-refractivity contribution in [2.75, 3.05) is 39.8 Å². The average Bonchev–Trinajstić information content (AvgIpc) is 2.57. The molecule has 2 atom stereocenters. The molecule has 0 aromatic carbocycles. The minimum Gasteiger partial charge on any atom is -0.306 e. The maximum atomic E-state index is 3.15. The molecule has 0 aromatic heterocycles. The maximum Gasteiger partial charge on any atom is 0.0601 e. The van der Waals surface area contributed by atoms with Gasteiger partial charge in [0.05, 0.1) is 6.54 Å². The molecular formula is C11H18N2. The zero-order valence-corrected chi connectivity index (χ0v) is 8.58. The lowest BCUT2D eigenvalue weighted by Crippen LogP contribution is -2.27.